The Balaban J connectivity index is 2.22. The molecule has 1 saturated carbocycles. The minimum Gasteiger partial charge on any atom is -0.397 e. The lowest BCUT2D eigenvalue weighted by Gasteiger charge is -2.26. The molecule has 18 heavy (non-hydrogen) atoms. The zero-order valence-corrected chi connectivity index (χ0v) is 11.1. The molecule has 2 rings (SSSR count). The zero-order chi connectivity index (χ0) is 13.0. The third kappa shape index (κ3) is 2.66. The number of nitrogens with two attached hydrogens (primary N) is 1. The number of carbonyl (C=O) groups is 1. The number of nitrogens with zero attached hydrogens (tertiary/aromatic N) is 1. The third-order valence-corrected chi connectivity index (χ3v) is 3.65. The molecule has 0 aromatic heterocycles. The highest BCUT2D eigenvalue weighted by molar-refractivity contribution is 5.97. The van der Waals surface area contributed by atoms with E-state index in [1.54, 1.807) is 0 Å². The van der Waals surface area contributed by atoms with Gasteiger partial charge in [0, 0.05) is 12.5 Å². The van der Waals surface area contributed by atoms with Gasteiger partial charge in [0.25, 0.3) is 0 Å². The molecule has 0 atom stereocenters. The van der Waals surface area contributed by atoms with Crippen LogP contribution in [0.2, 0.25) is 0 Å². The van der Waals surface area contributed by atoms with Crippen LogP contribution in [0.3, 0.4) is 0 Å². The summed E-state index contributed by atoms with van der Waals surface area (Å²) < 4.78 is 0. The summed E-state index contributed by atoms with van der Waals surface area (Å²) in [5, 5.41) is 0. The van der Waals surface area contributed by atoms with Crippen molar-refractivity contribution in [2.45, 2.75) is 39.0 Å². The van der Waals surface area contributed by atoms with Crippen molar-refractivity contribution in [1.29, 1.82) is 0 Å². The molecule has 2 N–H and O–H groups in total. The van der Waals surface area contributed by atoms with Crippen molar-refractivity contribution in [1.82, 2.24) is 0 Å². The summed E-state index contributed by atoms with van der Waals surface area (Å²) in [7, 11) is 0. The van der Waals surface area contributed by atoms with Crippen LogP contribution >= 0.6 is 0 Å². The molecule has 3 heteroatoms. The Morgan fingerprint density at radius 2 is 2.00 bits per heavy atom. The van der Waals surface area contributed by atoms with Gasteiger partial charge in [-0.3, -0.25) is 4.79 Å². The predicted octanol–water partition coefficient (Wildman–Crippen LogP) is 3.20. The van der Waals surface area contributed by atoms with E-state index in [2.05, 4.69) is 6.92 Å². The number of carbonyl (C=O) groups excluding carboxylic acids is 1. The smallest absolute Gasteiger partial charge is 0.230 e. The second-order valence-electron chi connectivity index (χ2n) is 5.03. The molecule has 1 aliphatic rings. The van der Waals surface area contributed by atoms with E-state index in [1.165, 1.54) is 12.8 Å². The second kappa shape index (κ2) is 5.89. The van der Waals surface area contributed by atoms with E-state index in [-0.39, 0.29) is 11.8 Å². The highest BCUT2D eigenvalue weighted by Crippen LogP contribution is 2.30. The van der Waals surface area contributed by atoms with Crippen molar-refractivity contribution in [2.24, 2.45) is 5.92 Å². The summed E-state index contributed by atoms with van der Waals surface area (Å²) in [6.07, 6.45) is 5.38. The van der Waals surface area contributed by atoms with Gasteiger partial charge in [0.2, 0.25) is 5.91 Å². The fourth-order valence-electron chi connectivity index (χ4n) is 2.70. The highest BCUT2D eigenvalue weighted by Gasteiger charge is 2.28. The molecule has 0 heterocycles. The molecule has 1 amide bonds. The topological polar surface area (TPSA) is 46.3 Å². The monoisotopic (exact) mass is 246 g/mol. The molecule has 0 bridgehead atoms. The van der Waals surface area contributed by atoms with E-state index in [9.17, 15) is 4.79 Å². The highest BCUT2D eigenvalue weighted by atomic mass is 16.2. The maximum absolute atomic E-state index is 12.6. The lowest BCUT2D eigenvalue weighted by Crippen LogP contribution is -2.36. The molecule has 0 spiro atoms. The number of para-hydroxylation sites is 2. The van der Waals surface area contributed by atoms with E-state index in [1.807, 2.05) is 29.2 Å². The quantitative estimate of drug-likeness (QED) is 0.829. The van der Waals surface area contributed by atoms with Crippen LogP contribution in [-0.4, -0.2) is 12.5 Å². The van der Waals surface area contributed by atoms with Gasteiger partial charge in [0.05, 0.1) is 11.4 Å². The van der Waals surface area contributed by atoms with Gasteiger partial charge in [-0.15, -0.1) is 0 Å². The van der Waals surface area contributed by atoms with Crippen molar-refractivity contribution >= 4 is 17.3 Å². The average Bonchev–Trinajstić information content (AvgIpc) is 2.90. The first-order valence-electron chi connectivity index (χ1n) is 6.90. The average molecular weight is 246 g/mol. The Hall–Kier alpha value is -1.51. The van der Waals surface area contributed by atoms with Crippen molar-refractivity contribution < 1.29 is 4.79 Å². The van der Waals surface area contributed by atoms with Gasteiger partial charge < -0.3 is 10.6 Å². The first-order chi connectivity index (χ1) is 8.74. The summed E-state index contributed by atoms with van der Waals surface area (Å²) in [4.78, 5) is 14.4. The molecule has 3 nitrogen and oxygen atoms in total. The maximum atomic E-state index is 12.6. The molecule has 1 aliphatic carbocycles. The lowest BCUT2D eigenvalue weighted by atomic mass is 10.1. The molecule has 1 fully saturated rings. The third-order valence-electron chi connectivity index (χ3n) is 3.65. The largest absolute Gasteiger partial charge is 0.397 e. The Bertz CT molecular complexity index is 411. The number of benzene rings is 1. The molecular weight excluding hydrogens is 224 g/mol. The van der Waals surface area contributed by atoms with Crippen LogP contribution in [-0.2, 0) is 4.79 Å². The molecule has 1 aromatic rings. The summed E-state index contributed by atoms with van der Waals surface area (Å²) in [5.74, 6) is 0.461. The van der Waals surface area contributed by atoms with Crippen LogP contribution in [0.5, 0.6) is 0 Å². The van der Waals surface area contributed by atoms with Crippen LogP contribution in [0, 0.1) is 5.92 Å². The van der Waals surface area contributed by atoms with Gasteiger partial charge in [-0.05, 0) is 31.4 Å². The van der Waals surface area contributed by atoms with Crippen LogP contribution < -0.4 is 10.6 Å². The second-order valence-corrected chi connectivity index (χ2v) is 5.03. The van der Waals surface area contributed by atoms with E-state index in [0.29, 0.717) is 5.69 Å². The van der Waals surface area contributed by atoms with E-state index < -0.39 is 0 Å². The molecular formula is C15H22N2O. The van der Waals surface area contributed by atoms with Crippen molar-refractivity contribution in [3.63, 3.8) is 0 Å². The molecule has 0 unspecified atom stereocenters. The lowest BCUT2D eigenvalue weighted by molar-refractivity contribution is -0.122. The maximum Gasteiger partial charge on any atom is 0.230 e. The van der Waals surface area contributed by atoms with Crippen molar-refractivity contribution in [3.05, 3.63) is 24.3 Å². The molecule has 0 aliphatic heterocycles. The van der Waals surface area contributed by atoms with E-state index in [4.69, 9.17) is 5.73 Å². The zero-order valence-electron chi connectivity index (χ0n) is 11.1. The van der Waals surface area contributed by atoms with Crippen LogP contribution in [0.25, 0.3) is 0 Å². The van der Waals surface area contributed by atoms with Crippen molar-refractivity contribution in [3.8, 4) is 0 Å². The number of amides is 1. The van der Waals surface area contributed by atoms with E-state index >= 15 is 0 Å². The van der Waals surface area contributed by atoms with Gasteiger partial charge in [0.1, 0.15) is 0 Å². The summed E-state index contributed by atoms with van der Waals surface area (Å²) in [6.45, 7) is 2.84. The first kappa shape index (κ1) is 12.9. The standard InChI is InChI=1S/C15H22N2O/c1-2-11-17(14-10-6-5-9-13(14)16)15(18)12-7-3-4-8-12/h5-6,9-10,12H,2-4,7-8,11,16H2,1H3. The number of hydrogen-bond donors (Lipinski definition) is 1. The fraction of sp³-hybridized carbons (Fsp3) is 0.533. The molecule has 98 valence electrons. The van der Waals surface area contributed by atoms with Crippen molar-refractivity contribution in [2.75, 3.05) is 17.2 Å². The summed E-state index contributed by atoms with van der Waals surface area (Å²) >= 11 is 0. The van der Waals surface area contributed by atoms with Gasteiger partial charge in [-0.25, -0.2) is 0 Å². The predicted molar refractivity (Wildman–Crippen MR) is 75.5 cm³/mol. The number of anilines is 2. The Kier molecular flexibility index (Phi) is 4.24. The summed E-state index contributed by atoms with van der Waals surface area (Å²) in [5.41, 5.74) is 7.56. The minimum atomic E-state index is 0.205. The van der Waals surface area contributed by atoms with Crippen LogP contribution in [0.4, 0.5) is 11.4 Å². The number of rotatable bonds is 4. The molecule has 0 saturated heterocycles. The SMILES string of the molecule is CCCN(C(=O)C1CCCC1)c1ccccc1N. The minimum absolute atomic E-state index is 0.205. The molecule has 1 aromatic carbocycles. The normalized spacial score (nSPS) is 15.8. The fourth-order valence-corrected chi connectivity index (χ4v) is 2.70. The number of hydrogen-bond acceptors (Lipinski definition) is 2. The van der Waals surface area contributed by atoms with Gasteiger partial charge in [-0.2, -0.15) is 0 Å². The summed E-state index contributed by atoms with van der Waals surface area (Å²) in [6, 6.07) is 7.65. The van der Waals surface area contributed by atoms with Gasteiger partial charge >= 0.3 is 0 Å². The first-order valence-corrected chi connectivity index (χ1v) is 6.90. The Morgan fingerprint density at radius 1 is 1.33 bits per heavy atom. The Labute approximate surface area is 109 Å². The Morgan fingerprint density at radius 3 is 2.61 bits per heavy atom. The van der Waals surface area contributed by atoms with Crippen LogP contribution in [0.15, 0.2) is 24.3 Å². The molecule has 0 radical (unpaired) electrons. The van der Waals surface area contributed by atoms with Gasteiger partial charge in [0.15, 0.2) is 0 Å². The van der Waals surface area contributed by atoms with E-state index in [0.717, 1.165) is 31.5 Å². The number of nitrogen functional groups attached to an aromatic ring is 1. The van der Waals surface area contributed by atoms with Gasteiger partial charge in [-0.1, -0.05) is 31.9 Å². The van der Waals surface area contributed by atoms with Crippen LogP contribution in [0.1, 0.15) is 39.0 Å².